The number of anilines is 1. The van der Waals surface area contributed by atoms with Crippen molar-refractivity contribution in [3.8, 4) is 6.07 Å². The van der Waals surface area contributed by atoms with Crippen LogP contribution in [0.3, 0.4) is 0 Å². The molecule has 1 amide bonds. The molecule has 2 aromatic carbocycles. The highest BCUT2D eigenvalue weighted by molar-refractivity contribution is 5.79. The van der Waals surface area contributed by atoms with E-state index in [-0.39, 0.29) is 24.9 Å². The number of carbonyl (C=O) groups is 1. The van der Waals surface area contributed by atoms with Gasteiger partial charge in [0.25, 0.3) is 0 Å². The van der Waals surface area contributed by atoms with E-state index in [1.807, 2.05) is 36.1 Å². The van der Waals surface area contributed by atoms with Gasteiger partial charge >= 0.3 is 6.18 Å². The van der Waals surface area contributed by atoms with Crippen molar-refractivity contribution in [2.45, 2.75) is 25.9 Å². The first kappa shape index (κ1) is 23.1. The van der Waals surface area contributed by atoms with E-state index in [1.54, 1.807) is 11.0 Å². The van der Waals surface area contributed by atoms with Gasteiger partial charge < -0.3 is 14.9 Å². The molecule has 0 bridgehead atoms. The van der Waals surface area contributed by atoms with Gasteiger partial charge in [-0.05, 0) is 37.1 Å². The number of hydrogen-bond acceptors (Lipinski definition) is 4. The van der Waals surface area contributed by atoms with Gasteiger partial charge in [-0.3, -0.25) is 4.79 Å². The minimum Gasteiger partial charge on any atom is -0.396 e. The summed E-state index contributed by atoms with van der Waals surface area (Å²) < 4.78 is 40.2. The molecule has 2 atom stereocenters. The largest absolute Gasteiger partial charge is 0.417 e. The molecule has 0 aromatic heterocycles. The third-order valence-electron chi connectivity index (χ3n) is 7.03. The van der Waals surface area contributed by atoms with Crippen molar-refractivity contribution in [3.63, 3.8) is 0 Å². The monoisotopic (exact) mass is 457 g/mol. The Bertz CT molecular complexity index is 1100. The molecule has 0 aliphatic carbocycles. The number of benzene rings is 2. The summed E-state index contributed by atoms with van der Waals surface area (Å²) in [4.78, 5) is 16.6. The molecule has 1 N–H and O–H groups in total. The number of aryl methyl sites for hydroxylation is 1. The van der Waals surface area contributed by atoms with E-state index in [1.165, 1.54) is 12.1 Å². The molecular weight excluding hydrogens is 431 g/mol. The molecule has 0 radical (unpaired) electrons. The number of aliphatic hydroxyl groups is 1. The summed E-state index contributed by atoms with van der Waals surface area (Å²) in [6.45, 7) is 3.73. The number of alkyl halides is 3. The summed E-state index contributed by atoms with van der Waals surface area (Å²) in [5.41, 5.74) is 0.630. The van der Waals surface area contributed by atoms with Gasteiger partial charge in [-0.2, -0.15) is 18.4 Å². The fourth-order valence-electron chi connectivity index (χ4n) is 5.14. The zero-order valence-corrected chi connectivity index (χ0v) is 18.4. The molecule has 2 aliphatic heterocycles. The summed E-state index contributed by atoms with van der Waals surface area (Å²) in [5, 5.41) is 19.3. The zero-order chi connectivity index (χ0) is 23.8. The first-order chi connectivity index (χ1) is 15.6. The smallest absolute Gasteiger partial charge is 0.396 e. The van der Waals surface area contributed by atoms with Crippen LogP contribution in [0.5, 0.6) is 0 Å². The van der Waals surface area contributed by atoms with Crippen molar-refractivity contribution in [1.82, 2.24) is 4.90 Å². The third kappa shape index (κ3) is 4.55. The highest BCUT2D eigenvalue weighted by Crippen LogP contribution is 2.44. The van der Waals surface area contributed by atoms with Crippen LogP contribution in [-0.4, -0.2) is 48.7 Å². The number of likely N-dealkylation sites (tertiary alicyclic amines) is 1. The van der Waals surface area contributed by atoms with Gasteiger partial charge in [0.05, 0.1) is 30.2 Å². The molecule has 2 aliphatic rings. The van der Waals surface area contributed by atoms with Crippen LogP contribution in [-0.2, 0) is 17.4 Å². The van der Waals surface area contributed by atoms with Crippen molar-refractivity contribution in [2.75, 3.05) is 37.7 Å². The van der Waals surface area contributed by atoms with Crippen LogP contribution in [0.2, 0.25) is 0 Å². The topological polar surface area (TPSA) is 67.6 Å². The third-order valence-corrected chi connectivity index (χ3v) is 7.03. The maximum atomic E-state index is 13.4. The first-order valence-electron chi connectivity index (χ1n) is 11.0. The Labute approximate surface area is 191 Å². The zero-order valence-electron chi connectivity index (χ0n) is 18.4. The lowest BCUT2D eigenvalue weighted by Gasteiger charge is -2.43. The van der Waals surface area contributed by atoms with E-state index in [2.05, 4.69) is 0 Å². The minimum atomic E-state index is -4.61. The van der Waals surface area contributed by atoms with E-state index in [9.17, 15) is 23.1 Å². The number of hydrogen-bond donors (Lipinski definition) is 1. The second-order valence-corrected chi connectivity index (χ2v) is 9.19. The highest BCUT2D eigenvalue weighted by Gasteiger charge is 2.50. The Hall–Kier alpha value is -3.05. The van der Waals surface area contributed by atoms with Gasteiger partial charge in [0.1, 0.15) is 0 Å². The normalized spacial score (nSPS) is 22.7. The molecule has 33 heavy (non-hydrogen) atoms. The average molecular weight is 457 g/mol. The Morgan fingerprint density at radius 1 is 1.24 bits per heavy atom. The quantitative estimate of drug-likeness (QED) is 0.759. The molecule has 2 saturated heterocycles. The van der Waals surface area contributed by atoms with Crippen LogP contribution >= 0.6 is 0 Å². The second-order valence-electron chi connectivity index (χ2n) is 9.19. The molecule has 0 spiro atoms. The van der Waals surface area contributed by atoms with Crippen molar-refractivity contribution in [1.29, 1.82) is 5.26 Å². The minimum absolute atomic E-state index is 0.00731. The van der Waals surface area contributed by atoms with Crippen LogP contribution < -0.4 is 4.90 Å². The number of carbonyl (C=O) groups excluding carboxylic acids is 1. The van der Waals surface area contributed by atoms with Gasteiger partial charge in [0.15, 0.2) is 0 Å². The lowest BCUT2D eigenvalue weighted by molar-refractivity contribution is -0.137. The molecule has 2 fully saturated rings. The SMILES string of the molecule is Cc1cccc(CC(=O)N2C[C@H]3CN(c4ccc(C#N)c(C(F)(F)F)c4)CC[C@@]3(CO)C2)c1. The van der Waals surface area contributed by atoms with E-state index in [0.29, 0.717) is 38.3 Å². The molecule has 174 valence electrons. The van der Waals surface area contributed by atoms with E-state index < -0.39 is 22.7 Å². The number of halogens is 3. The molecule has 0 saturated carbocycles. The number of nitrogens with zero attached hydrogens (tertiary/aromatic N) is 3. The lowest BCUT2D eigenvalue weighted by atomic mass is 9.73. The van der Waals surface area contributed by atoms with Gasteiger partial charge in [0, 0.05) is 43.2 Å². The van der Waals surface area contributed by atoms with Crippen molar-refractivity contribution in [3.05, 3.63) is 64.7 Å². The molecule has 2 aromatic rings. The molecule has 0 unspecified atom stereocenters. The van der Waals surface area contributed by atoms with E-state index >= 15 is 0 Å². The summed E-state index contributed by atoms with van der Waals surface area (Å²) in [6.07, 6.45) is -3.76. The number of piperidine rings is 1. The number of rotatable bonds is 4. The molecular formula is C25H26F3N3O2. The number of nitriles is 1. The van der Waals surface area contributed by atoms with Gasteiger partial charge in [-0.1, -0.05) is 29.8 Å². The van der Waals surface area contributed by atoms with Gasteiger partial charge in [0.2, 0.25) is 5.91 Å². The Morgan fingerprint density at radius 2 is 2.03 bits per heavy atom. The standard InChI is InChI=1S/C25H26F3N3O2/c1-17-3-2-4-18(9-17)10-23(33)31-14-20-13-30(8-7-24(20,15-31)16-32)21-6-5-19(12-29)22(11-21)25(26,27)28/h2-6,9,11,20,32H,7-8,10,13-16H2,1H3/t20-,24+/m1/s1. The molecule has 2 heterocycles. The summed E-state index contributed by atoms with van der Waals surface area (Å²) in [6, 6.07) is 13.2. The predicted octanol–water partition coefficient (Wildman–Crippen LogP) is 3.78. The maximum Gasteiger partial charge on any atom is 0.417 e. The number of fused-ring (bicyclic) bond motifs is 1. The molecule has 5 nitrogen and oxygen atoms in total. The van der Waals surface area contributed by atoms with Gasteiger partial charge in [-0.25, -0.2) is 0 Å². The fraction of sp³-hybridized carbons (Fsp3) is 0.440. The Morgan fingerprint density at radius 3 is 2.70 bits per heavy atom. The van der Waals surface area contributed by atoms with Crippen LogP contribution in [0, 0.1) is 29.6 Å². The molecule has 8 heteroatoms. The van der Waals surface area contributed by atoms with E-state index in [4.69, 9.17) is 5.26 Å². The summed E-state index contributed by atoms with van der Waals surface area (Å²) in [7, 11) is 0. The van der Waals surface area contributed by atoms with Crippen molar-refractivity contribution < 1.29 is 23.1 Å². The Balaban J connectivity index is 1.51. The fourth-order valence-corrected chi connectivity index (χ4v) is 5.14. The number of aliphatic hydroxyl groups excluding tert-OH is 1. The van der Waals surface area contributed by atoms with Crippen molar-refractivity contribution >= 4 is 11.6 Å². The average Bonchev–Trinajstić information content (AvgIpc) is 3.17. The summed E-state index contributed by atoms with van der Waals surface area (Å²) >= 11 is 0. The number of amides is 1. The van der Waals surface area contributed by atoms with Crippen LogP contribution in [0.15, 0.2) is 42.5 Å². The van der Waals surface area contributed by atoms with Gasteiger partial charge in [-0.15, -0.1) is 0 Å². The Kier molecular flexibility index (Phi) is 6.10. The van der Waals surface area contributed by atoms with E-state index in [0.717, 1.165) is 17.2 Å². The summed E-state index contributed by atoms with van der Waals surface area (Å²) in [5.74, 6) is -0.0604. The van der Waals surface area contributed by atoms with Crippen LogP contribution in [0.4, 0.5) is 18.9 Å². The predicted molar refractivity (Wildman–Crippen MR) is 117 cm³/mol. The maximum absolute atomic E-state index is 13.4. The van der Waals surface area contributed by atoms with Crippen LogP contribution in [0.1, 0.15) is 28.7 Å². The molecule has 4 rings (SSSR count). The highest BCUT2D eigenvalue weighted by atomic mass is 19.4. The van der Waals surface area contributed by atoms with Crippen molar-refractivity contribution in [2.24, 2.45) is 11.3 Å². The second kappa shape index (κ2) is 8.71. The lowest BCUT2D eigenvalue weighted by Crippen LogP contribution is -2.49. The van der Waals surface area contributed by atoms with Crippen LogP contribution in [0.25, 0.3) is 0 Å². The first-order valence-corrected chi connectivity index (χ1v) is 11.0.